The van der Waals surface area contributed by atoms with Gasteiger partial charge in [0.25, 0.3) is 0 Å². The normalized spacial score (nSPS) is 17.9. The van der Waals surface area contributed by atoms with Crippen LogP contribution in [0.15, 0.2) is 15.7 Å². The van der Waals surface area contributed by atoms with Gasteiger partial charge in [-0.2, -0.15) is 17.7 Å². The number of ketones is 1. The number of hydrogen-bond acceptors (Lipinski definition) is 5. The largest absolute Gasteiger partial charge is 0.300 e. The molecule has 0 N–H and O–H groups in total. The van der Waals surface area contributed by atoms with E-state index in [1.54, 1.807) is 17.2 Å². The van der Waals surface area contributed by atoms with E-state index in [0.29, 0.717) is 25.5 Å². The van der Waals surface area contributed by atoms with Crippen LogP contribution in [0, 0.1) is 5.92 Å². The molecule has 0 aromatic heterocycles. The van der Waals surface area contributed by atoms with Gasteiger partial charge in [-0.3, -0.25) is 14.4 Å². The molecule has 20 heavy (non-hydrogen) atoms. The lowest BCUT2D eigenvalue weighted by molar-refractivity contribution is -0.120. The number of allylic oxidation sites excluding steroid dienone is 2. The van der Waals surface area contributed by atoms with Gasteiger partial charge in [0.1, 0.15) is 5.78 Å². The van der Waals surface area contributed by atoms with Gasteiger partial charge in [-0.05, 0) is 52.6 Å². The molecule has 1 fully saturated rings. The lowest BCUT2D eigenvalue weighted by atomic mass is 9.83. The van der Waals surface area contributed by atoms with Crippen LogP contribution in [-0.4, -0.2) is 36.4 Å². The standard InChI is InChI=1S/C11H15ClIN2O2P.CH4S/c1-15(18-13)14-6-10(11(12)7-16)8-2-4-9(17)5-3-8;1-2/h6-8,18H,2-5H2,1H3;2H,1H3/b11-10-,14-6-;. The van der Waals surface area contributed by atoms with E-state index >= 15 is 0 Å². The van der Waals surface area contributed by atoms with E-state index in [0.717, 1.165) is 18.4 Å². The monoisotopic (exact) mass is 448 g/mol. The smallest absolute Gasteiger partial charge is 0.161 e. The SMILES string of the molecule is CN(/N=C\C(=C(\Cl)C=O)C1CCC(=O)CC1)PI.CS. The molecule has 0 heterocycles. The lowest BCUT2D eigenvalue weighted by Gasteiger charge is -2.22. The van der Waals surface area contributed by atoms with Crippen LogP contribution in [0.4, 0.5) is 0 Å². The summed E-state index contributed by atoms with van der Waals surface area (Å²) in [6.45, 7) is 0. The van der Waals surface area contributed by atoms with Crippen LogP contribution in [0.3, 0.4) is 0 Å². The fraction of sp³-hybridized carbons (Fsp3) is 0.583. The molecule has 0 bridgehead atoms. The zero-order valence-electron chi connectivity index (χ0n) is 11.5. The van der Waals surface area contributed by atoms with E-state index in [-0.39, 0.29) is 16.7 Å². The minimum atomic E-state index is 0.162. The van der Waals surface area contributed by atoms with Crippen molar-refractivity contribution < 1.29 is 9.59 Å². The molecule has 0 aromatic carbocycles. The maximum atomic E-state index is 11.2. The Morgan fingerprint density at radius 2 is 2.05 bits per heavy atom. The molecule has 1 saturated carbocycles. The number of rotatable bonds is 5. The molecule has 0 aromatic rings. The first-order chi connectivity index (χ1) is 9.58. The highest BCUT2D eigenvalue weighted by molar-refractivity contribution is 14.2. The number of hydrazone groups is 1. The Morgan fingerprint density at radius 3 is 2.50 bits per heavy atom. The Kier molecular flexibility index (Phi) is 12.2. The van der Waals surface area contributed by atoms with Crippen molar-refractivity contribution >= 4 is 70.9 Å². The van der Waals surface area contributed by atoms with E-state index in [1.165, 1.54) is 0 Å². The van der Waals surface area contributed by atoms with Gasteiger partial charge >= 0.3 is 0 Å². The number of hydrogen-bond donors (Lipinski definition) is 1. The maximum Gasteiger partial charge on any atom is 0.161 e. The summed E-state index contributed by atoms with van der Waals surface area (Å²) in [4.78, 5) is 22.1. The second-order valence-electron chi connectivity index (χ2n) is 4.09. The van der Waals surface area contributed by atoms with Gasteiger partial charge < -0.3 is 0 Å². The first-order valence-electron chi connectivity index (χ1n) is 6.03. The van der Waals surface area contributed by atoms with E-state index in [1.807, 2.05) is 7.05 Å². The summed E-state index contributed by atoms with van der Waals surface area (Å²) in [5, 5.41) is 4.43. The Hall–Kier alpha value is 0.350. The van der Waals surface area contributed by atoms with Crippen LogP contribution in [0.1, 0.15) is 25.7 Å². The second-order valence-corrected chi connectivity index (χ2v) is 6.76. The van der Waals surface area contributed by atoms with Gasteiger partial charge in [-0.25, -0.2) is 0 Å². The fourth-order valence-corrected chi connectivity index (χ4v) is 2.53. The summed E-state index contributed by atoms with van der Waals surface area (Å²) in [7, 11) is 1.86. The number of carbonyl (C=O) groups is 2. The Morgan fingerprint density at radius 1 is 1.50 bits per heavy atom. The molecule has 0 spiro atoms. The van der Waals surface area contributed by atoms with Gasteiger partial charge in [0.2, 0.25) is 0 Å². The molecular formula is C12H19ClIN2O2PS. The summed E-state index contributed by atoms with van der Waals surface area (Å²) >= 11 is 11.7. The maximum absolute atomic E-state index is 11.2. The molecule has 1 aliphatic rings. The summed E-state index contributed by atoms with van der Waals surface area (Å²) in [5.41, 5.74) is 0.751. The predicted octanol–water partition coefficient (Wildman–Crippen LogP) is 3.84. The van der Waals surface area contributed by atoms with Gasteiger partial charge in [0.15, 0.2) is 6.29 Å². The van der Waals surface area contributed by atoms with Gasteiger partial charge in [-0.15, -0.1) is 0 Å². The molecule has 1 unspecified atom stereocenters. The molecule has 0 saturated heterocycles. The van der Waals surface area contributed by atoms with E-state index in [2.05, 4.69) is 39.8 Å². The average molecular weight is 449 g/mol. The lowest BCUT2D eigenvalue weighted by Crippen LogP contribution is -2.17. The number of nitrogens with zero attached hydrogens (tertiary/aromatic N) is 2. The van der Waals surface area contributed by atoms with Crippen LogP contribution in [-0.2, 0) is 9.59 Å². The van der Waals surface area contributed by atoms with Crippen molar-refractivity contribution in [1.82, 2.24) is 4.78 Å². The van der Waals surface area contributed by atoms with Gasteiger partial charge in [-0.1, -0.05) is 11.6 Å². The fourth-order valence-electron chi connectivity index (χ4n) is 1.85. The zero-order valence-corrected chi connectivity index (χ0v) is 16.3. The van der Waals surface area contributed by atoms with Gasteiger partial charge in [0.05, 0.1) is 17.6 Å². The van der Waals surface area contributed by atoms with Gasteiger partial charge in [0, 0.05) is 19.9 Å². The molecular weight excluding hydrogens is 430 g/mol. The summed E-state index contributed by atoms with van der Waals surface area (Å²) < 4.78 is 1.78. The average Bonchev–Trinajstić information content (AvgIpc) is 2.50. The summed E-state index contributed by atoms with van der Waals surface area (Å²) in [6, 6.07) is 0. The number of aldehydes is 1. The van der Waals surface area contributed by atoms with Crippen molar-refractivity contribution in [2.24, 2.45) is 11.0 Å². The molecule has 1 rings (SSSR count). The molecule has 1 atom stereocenters. The zero-order chi connectivity index (χ0) is 15.5. The third-order valence-corrected chi connectivity index (χ3v) is 5.62. The molecule has 4 nitrogen and oxygen atoms in total. The molecule has 0 amide bonds. The molecule has 114 valence electrons. The van der Waals surface area contributed by atoms with Crippen molar-refractivity contribution in [2.75, 3.05) is 13.3 Å². The van der Waals surface area contributed by atoms with Crippen molar-refractivity contribution in [3.63, 3.8) is 0 Å². The quantitative estimate of drug-likeness (QED) is 0.132. The number of halogens is 2. The molecule has 1 aliphatic carbocycles. The first kappa shape index (κ1) is 20.3. The first-order valence-corrected chi connectivity index (χ1v) is 11.4. The highest BCUT2D eigenvalue weighted by Crippen LogP contribution is 2.30. The highest BCUT2D eigenvalue weighted by Gasteiger charge is 2.23. The minimum Gasteiger partial charge on any atom is -0.300 e. The van der Waals surface area contributed by atoms with Crippen molar-refractivity contribution in [3.8, 4) is 0 Å². The van der Waals surface area contributed by atoms with Crippen LogP contribution in [0.2, 0.25) is 0 Å². The van der Waals surface area contributed by atoms with E-state index in [4.69, 9.17) is 11.6 Å². The highest BCUT2D eigenvalue weighted by atomic mass is 127. The van der Waals surface area contributed by atoms with E-state index < -0.39 is 0 Å². The van der Waals surface area contributed by atoms with Crippen LogP contribution >= 0.6 is 52.6 Å². The Labute approximate surface area is 145 Å². The molecule has 8 heteroatoms. The molecule has 0 aliphatic heterocycles. The third kappa shape index (κ3) is 7.38. The van der Waals surface area contributed by atoms with E-state index in [9.17, 15) is 9.59 Å². The number of carbonyl (C=O) groups excluding carboxylic acids is 2. The topological polar surface area (TPSA) is 49.7 Å². The minimum absolute atomic E-state index is 0.162. The van der Waals surface area contributed by atoms with Crippen LogP contribution in [0.25, 0.3) is 0 Å². The Bertz CT molecular complexity index is 384. The molecule has 0 radical (unpaired) electrons. The number of thiol groups is 1. The van der Waals surface area contributed by atoms with Crippen molar-refractivity contribution in [1.29, 1.82) is 0 Å². The van der Waals surface area contributed by atoms with Crippen LogP contribution < -0.4 is 0 Å². The summed E-state index contributed by atoms with van der Waals surface area (Å²) in [5.74, 6) is 0.450. The predicted molar refractivity (Wildman–Crippen MR) is 99.4 cm³/mol. The summed E-state index contributed by atoms with van der Waals surface area (Å²) in [6.07, 6.45) is 7.15. The van der Waals surface area contributed by atoms with Crippen molar-refractivity contribution in [2.45, 2.75) is 25.7 Å². The second kappa shape index (κ2) is 12.0. The van der Waals surface area contributed by atoms with Crippen molar-refractivity contribution in [3.05, 3.63) is 10.6 Å². The van der Waals surface area contributed by atoms with Crippen LogP contribution in [0.5, 0.6) is 0 Å². The Balaban J connectivity index is 0.00000172. The number of Topliss-reactive ketones (excluding diaryl/α,β-unsaturated/α-hetero) is 1. The third-order valence-electron chi connectivity index (χ3n) is 2.85.